The molecule has 0 aromatic carbocycles. The number of aromatic nitrogens is 1. The predicted molar refractivity (Wildman–Crippen MR) is 77.8 cm³/mol. The first-order valence-electron chi connectivity index (χ1n) is 5.80. The van der Waals surface area contributed by atoms with Gasteiger partial charge >= 0.3 is 0 Å². The van der Waals surface area contributed by atoms with Gasteiger partial charge in [0.1, 0.15) is 5.88 Å². The fourth-order valence-corrected chi connectivity index (χ4v) is 2.72. The Morgan fingerprint density at radius 2 is 2.17 bits per heavy atom. The van der Waals surface area contributed by atoms with Gasteiger partial charge < -0.3 is 5.32 Å². The van der Waals surface area contributed by atoms with Crippen molar-refractivity contribution < 1.29 is 4.79 Å². The molecule has 1 N–H and O–H groups in total. The first-order valence-corrected chi connectivity index (χ1v) is 7.22. The highest BCUT2D eigenvalue weighted by molar-refractivity contribution is 7.13. The van der Waals surface area contributed by atoms with E-state index >= 15 is 0 Å². The average Bonchev–Trinajstić information content (AvgIpc) is 2.77. The molecule has 1 aromatic heterocycles. The third-order valence-electron chi connectivity index (χ3n) is 2.75. The molecule has 1 fully saturated rings. The Kier molecular flexibility index (Phi) is 6.92. The van der Waals surface area contributed by atoms with Crippen molar-refractivity contribution >= 4 is 46.4 Å². The summed E-state index contributed by atoms with van der Waals surface area (Å²) >= 11 is 6.87. The van der Waals surface area contributed by atoms with Crippen molar-refractivity contribution in [3.8, 4) is 0 Å². The van der Waals surface area contributed by atoms with Crippen molar-refractivity contribution in [2.45, 2.75) is 25.8 Å². The maximum atomic E-state index is 11.1. The molecule has 0 atom stereocenters. The summed E-state index contributed by atoms with van der Waals surface area (Å²) in [5, 5.41) is 5.31. The minimum absolute atomic E-state index is 0. The van der Waals surface area contributed by atoms with Gasteiger partial charge in [-0.05, 0) is 25.9 Å². The van der Waals surface area contributed by atoms with Crippen molar-refractivity contribution in [2.24, 2.45) is 0 Å². The maximum Gasteiger partial charge on any atom is 0.241 e. The smallest absolute Gasteiger partial charge is 0.241 e. The number of carbonyl (C=O) groups excluding carboxylic acids is 1. The van der Waals surface area contributed by atoms with E-state index in [4.69, 9.17) is 11.6 Å². The van der Waals surface area contributed by atoms with Crippen molar-refractivity contribution in [1.29, 1.82) is 0 Å². The number of hydrogen-bond acceptors (Lipinski definition) is 4. The summed E-state index contributed by atoms with van der Waals surface area (Å²) < 4.78 is 0. The van der Waals surface area contributed by atoms with E-state index in [1.807, 2.05) is 5.38 Å². The lowest BCUT2D eigenvalue weighted by molar-refractivity contribution is -0.113. The van der Waals surface area contributed by atoms with E-state index in [0.717, 1.165) is 25.3 Å². The molecule has 2 heterocycles. The van der Waals surface area contributed by atoms with Crippen LogP contribution in [-0.2, 0) is 11.3 Å². The Morgan fingerprint density at radius 1 is 1.44 bits per heavy atom. The molecule has 0 bridgehead atoms. The number of amides is 1. The fraction of sp³-hybridized carbons (Fsp3) is 0.636. The van der Waals surface area contributed by atoms with Gasteiger partial charge in [-0.25, -0.2) is 4.98 Å². The quantitative estimate of drug-likeness (QED) is 0.870. The molecule has 18 heavy (non-hydrogen) atoms. The van der Waals surface area contributed by atoms with Gasteiger partial charge in [0.05, 0.1) is 5.69 Å². The number of nitrogens with zero attached hydrogens (tertiary/aromatic N) is 2. The molecule has 1 saturated heterocycles. The molecule has 1 aliphatic rings. The van der Waals surface area contributed by atoms with Crippen LogP contribution in [0.5, 0.6) is 0 Å². The molecule has 1 aromatic rings. The molecule has 102 valence electrons. The molecule has 7 heteroatoms. The molecule has 0 radical (unpaired) electrons. The zero-order chi connectivity index (χ0) is 12.1. The van der Waals surface area contributed by atoms with Crippen LogP contribution in [-0.4, -0.2) is 34.8 Å². The molecule has 0 spiro atoms. The monoisotopic (exact) mass is 309 g/mol. The summed E-state index contributed by atoms with van der Waals surface area (Å²) in [6.07, 6.45) is 3.89. The predicted octanol–water partition coefficient (Wildman–Crippen LogP) is 2.73. The van der Waals surface area contributed by atoms with Crippen LogP contribution < -0.4 is 5.32 Å². The Morgan fingerprint density at radius 3 is 2.83 bits per heavy atom. The second-order valence-corrected chi connectivity index (χ2v) is 5.29. The molecule has 1 aliphatic heterocycles. The third kappa shape index (κ3) is 4.72. The minimum atomic E-state index is -0.203. The van der Waals surface area contributed by atoms with E-state index in [9.17, 15) is 4.79 Å². The molecule has 2 rings (SSSR count). The zero-order valence-electron chi connectivity index (χ0n) is 10.0. The second kappa shape index (κ2) is 7.94. The lowest BCUT2D eigenvalue weighted by atomic mass is 10.1. The highest BCUT2D eigenvalue weighted by Gasteiger charge is 2.12. The number of carbonyl (C=O) groups is 1. The van der Waals surface area contributed by atoms with E-state index in [2.05, 4.69) is 15.2 Å². The van der Waals surface area contributed by atoms with Gasteiger partial charge in [0.2, 0.25) is 5.91 Å². The number of rotatable bonds is 4. The summed E-state index contributed by atoms with van der Waals surface area (Å²) in [5.74, 6) is -0.230. The van der Waals surface area contributed by atoms with Crippen molar-refractivity contribution in [1.82, 2.24) is 9.88 Å². The molecule has 1 amide bonds. The number of halogens is 2. The number of likely N-dealkylation sites (tertiary alicyclic amines) is 1. The zero-order valence-corrected chi connectivity index (χ0v) is 12.4. The van der Waals surface area contributed by atoms with Crippen LogP contribution in [0.1, 0.15) is 25.0 Å². The van der Waals surface area contributed by atoms with Gasteiger partial charge in [0.25, 0.3) is 0 Å². The first-order chi connectivity index (χ1) is 8.28. The fourth-order valence-electron chi connectivity index (χ4n) is 1.94. The highest BCUT2D eigenvalue weighted by atomic mass is 35.5. The van der Waals surface area contributed by atoms with Crippen LogP contribution in [0, 0.1) is 0 Å². The van der Waals surface area contributed by atoms with Gasteiger partial charge in [-0.15, -0.1) is 35.3 Å². The Bertz CT molecular complexity index is 380. The molecular weight excluding hydrogens is 293 g/mol. The molecule has 0 saturated carbocycles. The van der Waals surface area contributed by atoms with E-state index in [-0.39, 0.29) is 24.2 Å². The summed E-state index contributed by atoms with van der Waals surface area (Å²) in [4.78, 5) is 17.9. The summed E-state index contributed by atoms with van der Waals surface area (Å²) in [6.45, 7) is 3.19. The number of nitrogens with one attached hydrogen (secondary N) is 1. The largest absolute Gasteiger partial charge is 0.301 e. The molecular formula is C11H17Cl2N3OS. The van der Waals surface area contributed by atoms with E-state index in [1.54, 1.807) is 0 Å². The van der Waals surface area contributed by atoms with E-state index in [0.29, 0.717) is 5.13 Å². The van der Waals surface area contributed by atoms with Gasteiger partial charge in [0, 0.05) is 11.9 Å². The van der Waals surface area contributed by atoms with Crippen molar-refractivity contribution in [3.05, 3.63) is 11.1 Å². The minimum Gasteiger partial charge on any atom is -0.301 e. The second-order valence-electron chi connectivity index (χ2n) is 4.16. The van der Waals surface area contributed by atoms with Gasteiger partial charge in [-0.1, -0.05) is 6.42 Å². The molecule has 4 nitrogen and oxygen atoms in total. The van der Waals surface area contributed by atoms with E-state index in [1.165, 1.54) is 30.6 Å². The summed E-state index contributed by atoms with van der Waals surface area (Å²) in [6, 6.07) is 0. The van der Waals surface area contributed by atoms with Gasteiger partial charge in [-0.2, -0.15) is 0 Å². The molecule has 0 aliphatic carbocycles. The van der Waals surface area contributed by atoms with E-state index < -0.39 is 0 Å². The highest BCUT2D eigenvalue weighted by Crippen LogP contribution is 2.18. The Balaban J connectivity index is 0.00000162. The van der Waals surface area contributed by atoms with Crippen LogP contribution in [0.3, 0.4) is 0 Å². The van der Waals surface area contributed by atoms with Crippen molar-refractivity contribution in [3.63, 3.8) is 0 Å². The SMILES string of the molecule is Cl.O=C(CCl)Nc1nc(CN2CCCCC2)cs1. The van der Waals surface area contributed by atoms with Gasteiger partial charge in [-0.3, -0.25) is 9.69 Å². The number of anilines is 1. The first kappa shape index (κ1) is 15.7. The Labute approximate surface area is 122 Å². The van der Waals surface area contributed by atoms with Crippen LogP contribution in [0.4, 0.5) is 5.13 Å². The van der Waals surface area contributed by atoms with Crippen LogP contribution >= 0.6 is 35.3 Å². The average molecular weight is 310 g/mol. The summed E-state index contributed by atoms with van der Waals surface area (Å²) in [5.41, 5.74) is 1.03. The standard InChI is InChI=1S/C11H16ClN3OS.ClH/c12-6-10(16)14-11-13-9(8-17-11)7-15-4-2-1-3-5-15;/h8H,1-7H2,(H,13,14,16);1H. The van der Waals surface area contributed by atoms with Crippen molar-refractivity contribution in [2.75, 3.05) is 24.3 Å². The van der Waals surface area contributed by atoms with Crippen LogP contribution in [0.15, 0.2) is 5.38 Å². The number of piperidine rings is 1. The number of thiazole rings is 1. The summed E-state index contributed by atoms with van der Waals surface area (Å²) in [7, 11) is 0. The Hall–Kier alpha value is -0.360. The molecule has 0 unspecified atom stereocenters. The van der Waals surface area contributed by atoms with Crippen LogP contribution in [0.25, 0.3) is 0 Å². The third-order valence-corrected chi connectivity index (χ3v) is 3.80. The van der Waals surface area contributed by atoms with Gasteiger partial charge in [0.15, 0.2) is 5.13 Å². The topological polar surface area (TPSA) is 45.2 Å². The normalized spacial score (nSPS) is 16.1. The number of hydrogen-bond donors (Lipinski definition) is 1. The maximum absolute atomic E-state index is 11.1. The lowest BCUT2D eigenvalue weighted by Gasteiger charge is -2.25. The number of alkyl halides is 1. The lowest BCUT2D eigenvalue weighted by Crippen LogP contribution is -2.29. The van der Waals surface area contributed by atoms with Crippen LogP contribution in [0.2, 0.25) is 0 Å².